The minimum Gasteiger partial charge on any atom is -0.388 e. The van der Waals surface area contributed by atoms with E-state index in [4.69, 9.17) is 5.41 Å². The standard InChI is InChI=1S/C16H26N4/c1-12(2)20-8-6-14(7-9-20)19-15-4-5-16(18-3)13(10-15)11-17/h4-5,10-12,14,17-19H,6-9H2,1-3H3. The molecule has 1 aromatic carbocycles. The van der Waals surface area contributed by atoms with Crippen molar-refractivity contribution in [3.8, 4) is 0 Å². The molecule has 0 aliphatic carbocycles. The van der Waals surface area contributed by atoms with Gasteiger partial charge in [0.05, 0.1) is 0 Å². The Balaban J connectivity index is 1.96. The molecule has 2 rings (SSSR count). The van der Waals surface area contributed by atoms with E-state index in [2.05, 4.69) is 35.4 Å². The van der Waals surface area contributed by atoms with Crippen LogP contribution in [0.15, 0.2) is 18.2 Å². The maximum atomic E-state index is 7.48. The summed E-state index contributed by atoms with van der Waals surface area (Å²) in [6.07, 6.45) is 3.77. The summed E-state index contributed by atoms with van der Waals surface area (Å²) in [7, 11) is 1.89. The molecule has 1 heterocycles. The molecule has 3 N–H and O–H groups in total. The summed E-state index contributed by atoms with van der Waals surface area (Å²) in [5, 5.41) is 14.2. The molecule has 110 valence electrons. The molecule has 1 aliphatic rings. The number of likely N-dealkylation sites (tertiary alicyclic amines) is 1. The van der Waals surface area contributed by atoms with E-state index < -0.39 is 0 Å². The summed E-state index contributed by atoms with van der Waals surface area (Å²) in [5.41, 5.74) is 3.04. The molecule has 1 fully saturated rings. The van der Waals surface area contributed by atoms with Crippen molar-refractivity contribution in [2.75, 3.05) is 30.8 Å². The first-order valence-corrected chi connectivity index (χ1v) is 7.47. The maximum absolute atomic E-state index is 7.48. The monoisotopic (exact) mass is 274 g/mol. The highest BCUT2D eigenvalue weighted by molar-refractivity contribution is 5.87. The normalized spacial score (nSPS) is 17.2. The number of nitrogens with one attached hydrogen (secondary N) is 3. The van der Waals surface area contributed by atoms with Crippen LogP contribution in [0.1, 0.15) is 32.3 Å². The molecule has 4 nitrogen and oxygen atoms in total. The minimum absolute atomic E-state index is 0.545. The molecule has 0 saturated carbocycles. The summed E-state index contributed by atoms with van der Waals surface area (Å²) < 4.78 is 0. The highest BCUT2D eigenvalue weighted by atomic mass is 15.2. The largest absolute Gasteiger partial charge is 0.388 e. The topological polar surface area (TPSA) is 51.1 Å². The van der Waals surface area contributed by atoms with Crippen LogP contribution in [-0.4, -0.2) is 43.3 Å². The van der Waals surface area contributed by atoms with Gasteiger partial charge in [0.25, 0.3) is 0 Å². The van der Waals surface area contributed by atoms with Gasteiger partial charge in [-0.3, -0.25) is 0 Å². The van der Waals surface area contributed by atoms with Gasteiger partial charge >= 0.3 is 0 Å². The van der Waals surface area contributed by atoms with Crippen molar-refractivity contribution in [2.24, 2.45) is 0 Å². The lowest BCUT2D eigenvalue weighted by atomic mass is 10.0. The second-order valence-corrected chi connectivity index (χ2v) is 5.74. The number of hydrogen-bond donors (Lipinski definition) is 3. The summed E-state index contributed by atoms with van der Waals surface area (Å²) in [6, 6.07) is 7.37. The van der Waals surface area contributed by atoms with Crippen LogP contribution < -0.4 is 10.6 Å². The number of piperidine rings is 1. The van der Waals surface area contributed by atoms with E-state index in [1.54, 1.807) is 0 Å². The third-order valence-corrected chi connectivity index (χ3v) is 4.11. The number of nitrogens with zero attached hydrogens (tertiary/aromatic N) is 1. The Bertz CT molecular complexity index is 448. The Labute approximate surface area is 122 Å². The van der Waals surface area contributed by atoms with E-state index in [-0.39, 0.29) is 0 Å². The molecule has 4 heteroatoms. The van der Waals surface area contributed by atoms with E-state index in [0.29, 0.717) is 12.1 Å². The predicted molar refractivity (Wildman–Crippen MR) is 87.2 cm³/mol. The van der Waals surface area contributed by atoms with Crippen molar-refractivity contribution in [1.82, 2.24) is 4.90 Å². The van der Waals surface area contributed by atoms with Crippen LogP contribution in [0, 0.1) is 5.41 Å². The third-order valence-electron chi connectivity index (χ3n) is 4.11. The lowest BCUT2D eigenvalue weighted by Gasteiger charge is -2.35. The number of hydrogen-bond acceptors (Lipinski definition) is 4. The third kappa shape index (κ3) is 3.51. The molecule has 1 aliphatic heterocycles. The summed E-state index contributed by atoms with van der Waals surface area (Å²) >= 11 is 0. The lowest BCUT2D eigenvalue weighted by Crippen LogP contribution is -2.42. The number of benzene rings is 1. The second kappa shape index (κ2) is 6.75. The highest BCUT2D eigenvalue weighted by Crippen LogP contribution is 2.22. The first-order chi connectivity index (χ1) is 9.63. The van der Waals surface area contributed by atoms with Crippen LogP contribution in [0.25, 0.3) is 0 Å². The van der Waals surface area contributed by atoms with Gasteiger partial charge in [-0.2, -0.15) is 0 Å². The quantitative estimate of drug-likeness (QED) is 0.723. The van der Waals surface area contributed by atoms with Gasteiger partial charge in [0.15, 0.2) is 0 Å². The first kappa shape index (κ1) is 14.9. The van der Waals surface area contributed by atoms with Crippen molar-refractivity contribution in [2.45, 2.75) is 38.8 Å². The number of rotatable bonds is 5. The van der Waals surface area contributed by atoms with Gasteiger partial charge in [0.2, 0.25) is 0 Å². The molecular formula is C16H26N4. The van der Waals surface area contributed by atoms with Crippen LogP contribution >= 0.6 is 0 Å². The zero-order valence-corrected chi connectivity index (χ0v) is 12.7. The summed E-state index contributed by atoms with van der Waals surface area (Å²) in [4.78, 5) is 2.53. The van der Waals surface area contributed by atoms with Gasteiger partial charge in [0.1, 0.15) is 0 Å². The zero-order valence-electron chi connectivity index (χ0n) is 12.7. The SMILES string of the molecule is CNc1ccc(NC2CCN(C(C)C)CC2)cc1C=N. The fraction of sp³-hybridized carbons (Fsp3) is 0.562. The molecule has 0 spiro atoms. The van der Waals surface area contributed by atoms with Crippen LogP contribution in [0.5, 0.6) is 0 Å². The van der Waals surface area contributed by atoms with E-state index in [1.165, 1.54) is 32.1 Å². The van der Waals surface area contributed by atoms with Crippen LogP contribution in [0.3, 0.4) is 0 Å². The van der Waals surface area contributed by atoms with Crippen molar-refractivity contribution in [1.29, 1.82) is 5.41 Å². The van der Waals surface area contributed by atoms with Crippen molar-refractivity contribution in [3.05, 3.63) is 23.8 Å². The Morgan fingerprint density at radius 1 is 1.30 bits per heavy atom. The Morgan fingerprint density at radius 3 is 2.55 bits per heavy atom. The highest BCUT2D eigenvalue weighted by Gasteiger charge is 2.20. The molecule has 1 aromatic rings. The molecule has 0 bridgehead atoms. The van der Waals surface area contributed by atoms with Gasteiger partial charge in [0, 0.05) is 55.4 Å². The second-order valence-electron chi connectivity index (χ2n) is 5.74. The van der Waals surface area contributed by atoms with E-state index in [9.17, 15) is 0 Å². The Kier molecular flexibility index (Phi) is 5.01. The van der Waals surface area contributed by atoms with Gasteiger partial charge in [-0.25, -0.2) is 0 Å². The molecule has 0 unspecified atom stereocenters. The van der Waals surface area contributed by atoms with Gasteiger partial charge in [-0.05, 0) is 44.9 Å². The van der Waals surface area contributed by atoms with Crippen molar-refractivity contribution in [3.63, 3.8) is 0 Å². The van der Waals surface area contributed by atoms with Gasteiger partial charge < -0.3 is 20.9 Å². The fourth-order valence-electron chi connectivity index (χ4n) is 2.80. The molecule has 0 radical (unpaired) electrons. The fourth-order valence-corrected chi connectivity index (χ4v) is 2.80. The average molecular weight is 274 g/mol. The van der Waals surface area contributed by atoms with Gasteiger partial charge in [-0.15, -0.1) is 0 Å². The molecule has 0 aromatic heterocycles. The summed E-state index contributed by atoms with van der Waals surface area (Å²) in [6.45, 7) is 6.86. The van der Waals surface area contributed by atoms with Gasteiger partial charge in [-0.1, -0.05) is 0 Å². The molecule has 0 amide bonds. The first-order valence-electron chi connectivity index (χ1n) is 7.47. The lowest BCUT2D eigenvalue weighted by molar-refractivity contribution is 0.177. The summed E-state index contributed by atoms with van der Waals surface area (Å²) in [5.74, 6) is 0. The minimum atomic E-state index is 0.545. The smallest absolute Gasteiger partial charge is 0.0428 e. The molecular weight excluding hydrogens is 248 g/mol. The molecule has 1 saturated heterocycles. The van der Waals surface area contributed by atoms with E-state index in [1.807, 2.05) is 19.2 Å². The van der Waals surface area contributed by atoms with Crippen molar-refractivity contribution >= 4 is 17.6 Å². The Morgan fingerprint density at radius 2 is 2.00 bits per heavy atom. The average Bonchev–Trinajstić information content (AvgIpc) is 2.47. The Hall–Kier alpha value is -1.55. The van der Waals surface area contributed by atoms with Crippen molar-refractivity contribution < 1.29 is 0 Å². The van der Waals surface area contributed by atoms with Crippen LogP contribution in [0.4, 0.5) is 11.4 Å². The zero-order chi connectivity index (χ0) is 14.5. The maximum Gasteiger partial charge on any atom is 0.0428 e. The van der Waals surface area contributed by atoms with E-state index >= 15 is 0 Å². The van der Waals surface area contributed by atoms with Crippen LogP contribution in [0.2, 0.25) is 0 Å². The number of anilines is 2. The van der Waals surface area contributed by atoms with Crippen LogP contribution in [-0.2, 0) is 0 Å². The molecule has 20 heavy (non-hydrogen) atoms. The molecule has 0 atom stereocenters. The predicted octanol–water partition coefficient (Wildman–Crippen LogP) is 3.01. The van der Waals surface area contributed by atoms with E-state index in [0.717, 1.165) is 16.9 Å².